The Morgan fingerprint density at radius 2 is 1.84 bits per heavy atom. The van der Waals surface area contributed by atoms with Crippen LogP contribution in [0.1, 0.15) is 5.56 Å². The third-order valence-corrected chi connectivity index (χ3v) is 6.18. The first-order valence-electron chi connectivity index (χ1n) is 10.9. The zero-order chi connectivity index (χ0) is 22.5. The Morgan fingerprint density at radius 1 is 1.09 bits per heavy atom. The van der Waals surface area contributed by atoms with Crippen molar-refractivity contribution >= 4 is 17.5 Å². The summed E-state index contributed by atoms with van der Waals surface area (Å²) in [6.45, 7) is 2.83. The van der Waals surface area contributed by atoms with Crippen molar-refractivity contribution in [3.8, 4) is 5.75 Å². The second kappa shape index (κ2) is 10.1. The number of nitrogens with one attached hydrogen (secondary N) is 2. The third kappa shape index (κ3) is 4.77. The fraction of sp³-hybridized carbons (Fsp3) is 0.417. The largest absolute Gasteiger partial charge is 0.497 e. The van der Waals surface area contributed by atoms with Gasteiger partial charge in [-0.1, -0.05) is 30.3 Å². The standard InChI is InChI=1S/C24H30N4O4/c1-31-13-12-27-15-20(23(29)25-14-17-8-10-19(32-2)11-9-17)22-21(16-27)24(30)28(26-22)18-6-4-3-5-7-18/h3-11,20-22,26H,12-16H2,1-2H3,(H,25,29). The molecule has 2 aliphatic heterocycles. The fourth-order valence-corrected chi connectivity index (χ4v) is 4.42. The number of benzene rings is 2. The van der Waals surface area contributed by atoms with Gasteiger partial charge in [0.25, 0.3) is 0 Å². The normalized spacial score (nSPS) is 23.1. The van der Waals surface area contributed by atoms with E-state index in [9.17, 15) is 9.59 Å². The second-order valence-corrected chi connectivity index (χ2v) is 8.20. The van der Waals surface area contributed by atoms with E-state index >= 15 is 0 Å². The molecule has 170 valence electrons. The molecule has 0 saturated carbocycles. The molecular weight excluding hydrogens is 408 g/mol. The lowest BCUT2D eigenvalue weighted by Crippen LogP contribution is -2.57. The molecule has 0 aromatic heterocycles. The minimum Gasteiger partial charge on any atom is -0.497 e. The third-order valence-electron chi connectivity index (χ3n) is 6.18. The number of hydrogen-bond acceptors (Lipinski definition) is 6. The molecule has 0 aliphatic carbocycles. The molecule has 32 heavy (non-hydrogen) atoms. The SMILES string of the molecule is COCCN1CC(C(=O)NCc2ccc(OC)cc2)C2NN(c3ccccc3)C(=O)C2C1. The summed E-state index contributed by atoms with van der Waals surface area (Å²) in [5.41, 5.74) is 5.10. The van der Waals surface area contributed by atoms with E-state index in [0.29, 0.717) is 32.8 Å². The van der Waals surface area contributed by atoms with Crippen LogP contribution in [0.4, 0.5) is 5.69 Å². The predicted molar refractivity (Wildman–Crippen MR) is 121 cm³/mol. The van der Waals surface area contributed by atoms with Crippen LogP contribution in [0.25, 0.3) is 0 Å². The van der Waals surface area contributed by atoms with Crippen LogP contribution >= 0.6 is 0 Å². The number of methoxy groups -OCH3 is 2. The topological polar surface area (TPSA) is 83.1 Å². The molecule has 2 aliphatic rings. The van der Waals surface area contributed by atoms with Crippen LogP contribution in [-0.4, -0.2) is 63.2 Å². The maximum Gasteiger partial charge on any atom is 0.247 e. The first kappa shape index (κ1) is 22.3. The van der Waals surface area contributed by atoms with Gasteiger partial charge in [-0.2, -0.15) is 0 Å². The highest BCUT2D eigenvalue weighted by Crippen LogP contribution is 2.31. The molecule has 3 unspecified atom stereocenters. The van der Waals surface area contributed by atoms with Crippen LogP contribution in [0.15, 0.2) is 54.6 Å². The van der Waals surface area contributed by atoms with E-state index in [0.717, 1.165) is 17.0 Å². The van der Waals surface area contributed by atoms with E-state index in [4.69, 9.17) is 9.47 Å². The summed E-state index contributed by atoms with van der Waals surface area (Å²) < 4.78 is 10.4. The number of nitrogens with zero attached hydrogens (tertiary/aromatic N) is 2. The van der Waals surface area contributed by atoms with Crippen molar-refractivity contribution in [1.29, 1.82) is 0 Å². The number of ether oxygens (including phenoxy) is 2. The number of amides is 2. The molecule has 0 spiro atoms. The lowest BCUT2D eigenvalue weighted by atomic mass is 9.84. The summed E-state index contributed by atoms with van der Waals surface area (Å²) in [5.74, 6) is 0.0575. The first-order valence-corrected chi connectivity index (χ1v) is 10.9. The van der Waals surface area contributed by atoms with Crippen LogP contribution in [0.2, 0.25) is 0 Å². The van der Waals surface area contributed by atoms with Crippen LogP contribution in [0, 0.1) is 11.8 Å². The first-order chi connectivity index (χ1) is 15.6. The smallest absolute Gasteiger partial charge is 0.247 e. The summed E-state index contributed by atoms with van der Waals surface area (Å²) in [7, 11) is 3.28. The molecule has 2 heterocycles. The number of carbonyl (C=O) groups is 2. The van der Waals surface area contributed by atoms with Gasteiger partial charge in [0, 0.05) is 33.3 Å². The molecule has 2 fully saturated rings. The second-order valence-electron chi connectivity index (χ2n) is 8.20. The Hall–Kier alpha value is -2.94. The molecule has 2 aromatic carbocycles. The molecular formula is C24H30N4O4. The summed E-state index contributed by atoms with van der Waals surface area (Å²) in [6, 6.07) is 16.9. The molecule has 2 N–H and O–H groups in total. The zero-order valence-electron chi connectivity index (χ0n) is 18.5. The van der Waals surface area contributed by atoms with Gasteiger partial charge in [-0.3, -0.25) is 14.5 Å². The van der Waals surface area contributed by atoms with Gasteiger partial charge >= 0.3 is 0 Å². The molecule has 4 rings (SSSR count). The Bertz CT molecular complexity index is 921. The highest BCUT2D eigenvalue weighted by molar-refractivity contribution is 5.98. The highest BCUT2D eigenvalue weighted by Gasteiger charge is 2.50. The Labute approximate surface area is 188 Å². The summed E-state index contributed by atoms with van der Waals surface area (Å²) in [4.78, 5) is 28.6. The predicted octanol–water partition coefficient (Wildman–Crippen LogP) is 1.43. The summed E-state index contributed by atoms with van der Waals surface area (Å²) in [6.07, 6.45) is 0. The number of fused-ring (bicyclic) bond motifs is 1. The maximum atomic E-state index is 13.2. The molecule has 2 aromatic rings. The van der Waals surface area contributed by atoms with Crippen molar-refractivity contribution in [1.82, 2.24) is 15.6 Å². The van der Waals surface area contributed by atoms with E-state index in [1.54, 1.807) is 19.2 Å². The van der Waals surface area contributed by atoms with Gasteiger partial charge in [0.1, 0.15) is 5.75 Å². The van der Waals surface area contributed by atoms with Crippen molar-refractivity contribution < 1.29 is 19.1 Å². The molecule has 2 saturated heterocycles. The number of para-hydroxylation sites is 1. The van der Waals surface area contributed by atoms with Crippen LogP contribution in [0.5, 0.6) is 5.75 Å². The number of carbonyl (C=O) groups excluding carboxylic acids is 2. The van der Waals surface area contributed by atoms with Crippen LogP contribution in [0.3, 0.4) is 0 Å². The number of rotatable bonds is 8. The van der Waals surface area contributed by atoms with Crippen molar-refractivity contribution in [3.63, 3.8) is 0 Å². The number of hydrogen-bond donors (Lipinski definition) is 2. The van der Waals surface area contributed by atoms with Gasteiger partial charge < -0.3 is 14.8 Å². The Morgan fingerprint density at radius 3 is 2.53 bits per heavy atom. The average Bonchev–Trinajstić information content (AvgIpc) is 3.18. The monoisotopic (exact) mass is 438 g/mol. The van der Waals surface area contributed by atoms with E-state index in [2.05, 4.69) is 15.6 Å². The van der Waals surface area contributed by atoms with Crippen molar-refractivity contribution in [3.05, 3.63) is 60.2 Å². The van der Waals surface area contributed by atoms with Gasteiger partial charge in [0.15, 0.2) is 0 Å². The number of likely N-dealkylation sites (tertiary alicyclic amines) is 1. The molecule has 3 atom stereocenters. The molecule has 0 bridgehead atoms. The minimum atomic E-state index is -0.360. The van der Waals surface area contributed by atoms with E-state index in [-0.39, 0.29) is 29.7 Å². The van der Waals surface area contributed by atoms with Crippen LogP contribution in [-0.2, 0) is 20.9 Å². The van der Waals surface area contributed by atoms with Crippen LogP contribution < -0.4 is 20.5 Å². The van der Waals surface area contributed by atoms with E-state index < -0.39 is 0 Å². The molecule has 8 nitrogen and oxygen atoms in total. The van der Waals surface area contributed by atoms with Crippen molar-refractivity contribution in [2.45, 2.75) is 12.6 Å². The number of hydrazine groups is 1. The Balaban J connectivity index is 1.49. The van der Waals surface area contributed by atoms with E-state index in [1.165, 1.54) is 0 Å². The number of piperidine rings is 1. The van der Waals surface area contributed by atoms with Gasteiger partial charge in [-0.25, -0.2) is 10.4 Å². The average molecular weight is 439 g/mol. The molecule has 0 radical (unpaired) electrons. The van der Waals surface area contributed by atoms with Gasteiger partial charge in [-0.05, 0) is 29.8 Å². The highest BCUT2D eigenvalue weighted by atomic mass is 16.5. The summed E-state index contributed by atoms with van der Waals surface area (Å²) >= 11 is 0. The zero-order valence-corrected chi connectivity index (χ0v) is 18.5. The van der Waals surface area contributed by atoms with Gasteiger partial charge in [-0.15, -0.1) is 0 Å². The van der Waals surface area contributed by atoms with E-state index in [1.807, 2.05) is 54.6 Å². The maximum absolute atomic E-state index is 13.2. The Kier molecular flexibility index (Phi) is 7.04. The number of anilines is 1. The quantitative estimate of drug-likeness (QED) is 0.649. The lowest BCUT2D eigenvalue weighted by Gasteiger charge is -2.38. The fourth-order valence-electron chi connectivity index (χ4n) is 4.42. The molecule has 8 heteroatoms. The van der Waals surface area contributed by atoms with Crippen molar-refractivity contribution in [2.75, 3.05) is 45.5 Å². The lowest BCUT2D eigenvalue weighted by molar-refractivity contribution is -0.130. The van der Waals surface area contributed by atoms with Crippen molar-refractivity contribution in [2.24, 2.45) is 11.8 Å². The summed E-state index contributed by atoms with van der Waals surface area (Å²) in [5, 5.41) is 4.65. The minimum absolute atomic E-state index is 0.00345. The molecule has 2 amide bonds. The van der Waals surface area contributed by atoms with Gasteiger partial charge in [0.2, 0.25) is 11.8 Å². The van der Waals surface area contributed by atoms with Gasteiger partial charge in [0.05, 0.1) is 37.3 Å².